The number of non-ortho nitro benzene ring substituents is 1. The Morgan fingerprint density at radius 2 is 1.69 bits per heavy atom. The summed E-state index contributed by atoms with van der Waals surface area (Å²) in [6.45, 7) is 0. The molecule has 0 spiro atoms. The Hall–Kier alpha value is -4.27. The number of rotatable bonds is 4. The fourth-order valence-corrected chi connectivity index (χ4v) is 3.12. The molecule has 0 aliphatic carbocycles. The van der Waals surface area contributed by atoms with E-state index in [1.54, 1.807) is 6.07 Å². The second-order valence-electron chi connectivity index (χ2n) is 6.17. The lowest BCUT2D eigenvalue weighted by molar-refractivity contribution is -0.384. The summed E-state index contributed by atoms with van der Waals surface area (Å²) in [6, 6.07) is 12.8. The number of nitrogens with zero attached hydrogens (tertiary/aromatic N) is 2. The van der Waals surface area contributed by atoms with Gasteiger partial charge in [0.05, 0.1) is 28.7 Å². The standard InChI is InChI=1S/C20H12N2O7/c1-28-14-7-5-11(6-8-14)20(25)29-21-18(23)15-4-2-3-12-9-13(22(26)27)10-16(17(12)15)19(21)24/h2-10H,1H3. The van der Waals surface area contributed by atoms with Crippen molar-refractivity contribution in [1.29, 1.82) is 0 Å². The van der Waals surface area contributed by atoms with Gasteiger partial charge in [-0.15, -0.1) is 0 Å². The highest BCUT2D eigenvalue weighted by molar-refractivity contribution is 6.25. The number of carbonyl (C=O) groups is 3. The lowest BCUT2D eigenvalue weighted by Gasteiger charge is -2.25. The zero-order valence-electron chi connectivity index (χ0n) is 14.9. The average molecular weight is 392 g/mol. The second-order valence-corrected chi connectivity index (χ2v) is 6.17. The molecule has 0 saturated heterocycles. The number of nitro benzene ring substituents is 1. The minimum atomic E-state index is -0.954. The smallest absolute Gasteiger partial charge is 0.363 e. The molecule has 0 atom stereocenters. The van der Waals surface area contributed by atoms with Crippen LogP contribution in [0, 0.1) is 10.1 Å². The van der Waals surface area contributed by atoms with E-state index in [0.717, 1.165) is 6.07 Å². The lowest BCUT2D eigenvalue weighted by atomic mass is 9.94. The van der Waals surface area contributed by atoms with Gasteiger partial charge in [-0.2, -0.15) is 0 Å². The van der Waals surface area contributed by atoms with Crippen LogP contribution in [-0.2, 0) is 4.84 Å². The largest absolute Gasteiger partial charge is 0.497 e. The van der Waals surface area contributed by atoms with Gasteiger partial charge in [0.15, 0.2) is 0 Å². The molecular formula is C20H12N2O7. The molecule has 1 aliphatic rings. The summed E-state index contributed by atoms with van der Waals surface area (Å²) in [5.74, 6) is -2.21. The van der Waals surface area contributed by atoms with Crippen LogP contribution >= 0.6 is 0 Å². The molecule has 1 heterocycles. The van der Waals surface area contributed by atoms with Crippen molar-refractivity contribution in [1.82, 2.24) is 5.06 Å². The van der Waals surface area contributed by atoms with Crippen molar-refractivity contribution in [3.63, 3.8) is 0 Å². The quantitative estimate of drug-likeness (QED) is 0.380. The maximum Gasteiger partial charge on any atom is 0.363 e. The Kier molecular flexibility index (Phi) is 4.19. The zero-order chi connectivity index (χ0) is 20.7. The molecule has 3 aromatic rings. The zero-order valence-corrected chi connectivity index (χ0v) is 14.9. The van der Waals surface area contributed by atoms with Gasteiger partial charge in [0.1, 0.15) is 5.75 Å². The topological polar surface area (TPSA) is 116 Å². The van der Waals surface area contributed by atoms with Gasteiger partial charge in [0.2, 0.25) is 0 Å². The van der Waals surface area contributed by atoms with E-state index in [1.165, 1.54) is 49.6 Å². The molecule has 2 amide bonds. The van der Waals surface area contributed by atoms with Crippen molar-refractivity contribution < 1.29 is 28.9 Å². The molecule has 29 heavy (non-hydrogen) atoms. The number of imide groups is 1. The minimum absolute atomic E-state index is 0.0908. The van der Waals surface area contributed by atoms with E-state index in [4.69, 9.17) is 9.57 Å². The summed E-state index contributed by atoms with van der Waals surface area (Å²) in [5, 5.41) is 12.2. The van der Waals surface area contributed by atoms with Crippen molar-refractivity contribution in [2.75, 3.05) is 7.11 Å². The van der Waals surface area contributed by atoms with E-state index >= 15 is 0 Å². The van der Waals surface area contributed by atoms with Crippen LogP contribution < -0.4 is 4.74 Å². The molecule has 0 N–H and O–H groups in total. The molecule has 0 aromatic heterocycles. The van der Waals surface area contributed by atoms with E-state index in [2.05, 4.69) is 0 Å². The highest BCUT2D eigenvalue weighted by Gasteiger charge is 2.37. The number of hydrogen-bond acceptors (Lipinski definition) is 7. The SMILES string of the molecule is COc1ccc(C(=O)ON2C(=O)c3cccc4cc([N+](=O)[O-])cc(c34)C2=O)cc1. The molecule has 0 bridgehead atoms. The summed E-state index contributed by atoms with van der Waals surface area (Å²) in [7, 11) is 1.47. The fourth-order valence-electron chi connectivity index (χ4n) is 3.12. The Balaban J connectivity index is 1.74. The van der Waals surface area contributed by atoms with Crippen molar-refractivity contribution in [3.05, 3.63) is 81.4 Å². The number of amides is 2. The van der Waals surface area contributed by atoms with Crippen LogP contribution in [0.1, 0.15) is 31.1 Å². The maximum absolute atomic E-state index is 12.8. The van der Waals surface area contributed by atoms with E-state index in [1.807, 2.05) is 0 Å². The number of nitro groups is 1. The van der Waals surface area contributed by atoms with Gasteiger partial charge < -0.3 is 9.57 Å². The van der Waals surface area contributed by atoms with Crippen LogP contribution in [-0.4, -0.2) is 34.9 Å². The highest BCUT2D eigenvalue weighted by atomic mass is 16.7. The fraction of sp³-hybridized carbons (Fsp3) is 0.0500. The van der Waals surface area contributed by atoms with Gasteiger partial charge in [-0.05, 0) is 35.7 Å². The predicted octanol–water partition coefficient (Wildman–Crippen LogP) is 3.12. The Morgan fingerprint density at radius 3 is 2.34 bits per heavy atom. The Bertz CT molecular complexity index is 1200. The van der Waals surface area contributed by atoms with Gasteiger partial charge in [0, 0.05) is 17.5 Å². The minimum Gasteiger partial charge on any atom is -0.497 e. The lowest BCUT2D eigenvalue weighted by Crippen LogP contribution is -2.41. The molecule has 0 saturated carbocycles. The summed E-state index contributed by atoms with van der Waals surface area (Å²) >= 11 is 0. The number of hydrogen-bond donors (Lipinski definition) is 0. The van der Waals surface area contributed by atoms with Crippen LogP contribution in [0.25, 0.3) is 10.8 Å². The normalized spacial score (nSPS) is 12.8. The first-order chi connectivity index (χ1) is 13.9. The van der Waals surface area contributed by atoms with E-state index in [-0.39, 0.29) is 27.8 Å². The molecule has 0 radical (unpaired) electrons. The van der Waals surface area contributed by atoms with Crippen LogP contribution in [0.5, 0.6) is 5.75 Å². The predicted molar refractivity (Wildman–Crippen MR) is 99.5 cm³/mol. The van der Waals surface area contributed by atoms with Crippen LogP contribution in [0.4, 0.5) is 5.69 Å². The Labute approximate surface area is 163 Å². The van der Waals surface area contributed by atoms with Crippen LogP contribution in [0.2, 0.25) is 0 Å². The Morgan fingerprint density at radius 1 is 1.00 bits per heavy atom. The molecule has 4 rings (SSSR count). The molecular weight excluding hydrogens is 380 g/mol. The third kappa shape index (κ3) is 2.94. The van der Waals surface area contributed by atoms with Gasteiger partial charge in [-0.1, -0.05) is 17.2 Å². The number of methoxy groups -OCH3 is 1. The highest BCUT2D eigenvalue weighted by Crippen LogP contribution is 2.33. The monoisotopic (exact) mass is 392 g/mol. The summed E-state index contributed by atoms with van der Waals surface area (Å²) in [6.07, 6.45) is 0. The van der Waals surface area contributed by atoms with Crippen molar-refractivity contribution in [2.24, 2.45) is 0 Å². The van der Waals surface area contributed by atoms with Gasteiger partial charge >= 0.3 is 5.97 Å². The summed E-state index contributed by atoms with van der Waals surface area (Å²) in [4.78, 5) is 53.6. The molecule has 9 nitrogen and oxygen atoms in total. The average Bonchev–Trinajstić information content (AvgIpc) is 2.74. The van der Waals surface area contributed by atoms with Crippen molar-refractivity contribution in [3.8, 4) is 5.75 Å². The number of ether oxygens (including phenoxy) is 1. The van der Waals surface area contributed by atoms with Crippen molar-refractivity contribution >= 4 is 34.2 Å². The summed E-state index contributed by atoms with van der Waals surface area (Å²) < 4.78 is 5.01. The van der Waals surface area contributed by atoms with Gasteiger partial charge in [-0.3, -0.25) is 19.7 Å². The van der Waals surface area contributed by atoms with Gasteiger partial charge in [-0.25, -0.2) is 4.79 Å². The van der Waals surface area contributed by atoms with Gasteiger partial charge in [0.25, 0.3) is 17.5 Å². The van der Waals surface area contributed by atoms with Crippen LogP contribution in [0.15, 0.2) is 54.6 Å². The first kappa shape index (κ1) is 18.1. The van der Waals surface area contributed by atoms with Crippen molar-refractivity contribution in [2.45, 2.75) is 0 Å². The number of hydroxylamine groups is 2. The number of benzene rings is 3. The van der Waals surface area contributed by atoms with E-state index in [0.29, 0.717) is 16.2 Å². The molecule has 0 unspecified atom stereocenters. The van der Waals surface area contributed by atoms with Crippen LogP contribution in [0.3, 0.4) is 0 Å². The molecule has 0 fully saturated rings. The molecule has 9 heteroatoms. The third-order valence-electron chi connectivity index (χ3n) is 4.50. The summed E-state index contributed by atoms with van der Waals surface area (Å²) in [5.41, 5.74) is -0.204. The second kappa shape index (κ2) is 6.71. The van der Waals surface area contributed by atoms with E-state index < -0.39 is 22.7 Å². The first-order valence-electron chi connectivity index (χ1n) is 8.37. The maximum atomic E-state index is 12.8. The van der Waals surface area contributed by atoms with E-state index in [9.17, 15) is 24.5 Å². The molecule has 3 aromatic carbocycles. The number of carbonyl (C=O) groups excluding carboxylic acids is 3. The first-order valence-corrected chi connectivity index (χ1v) is 8.37. The molecule has 144 valence electrons. The third-order valence-corrected chi connectivity index (χ3v) is 4.50. The molecule has 1 aliphatic heterocycles.